The summed E-state index contributed by atoms with van der Waals surface area (Å²) in [5.74, 6) is -0.159. The fourth-order valence-corrected chi connectivity index (χ4v) is 4.83. The van der Waals surface area contributed by atoms with Crippen molar-refractivity contribution >= 4 is 21.6 Å². The molecule has 0 saturated carbocycles. The van der Waals surface area contributed by atoms with Gasteiger partial charge >= 0.3 is 0 Å². The summed E-state index contributed by atoms with van der Waals surface area (Å²) in [6.45, 7) is 6.82. The molecule has 0 radical (unpaired) electrons. The highest BCUT2D eigenvalue weighted by atomic mass is 32.2. The van der Waals surface area contributed by atoms with Crippen LogP contribution in [0.15, 0.2) is 53.4 Å². The maximum Gasteiger partial charge on any atom is 0.264 e. The zero-order valence-electron chi connectivity index (χ0n) is 17.4. The first-order chi connectivity index (χ1) is 13.8. The molecule has 1 N–H and O–H groups in total. The molecule has 3 rings (SSSR count). The monoisotopic (exact) mass is 416 g/mol. The Morgan fingerprint density at radius 1 is 1.03 bits per heavy atom. The molecular formula is C22H30N3O3S+. The van der Waals surface area contributed by atoms with E-state index in [1.54, 1.807) is 41.3 Å². The fourth-order valence-electron chi connectivity index (χ4n) is 3.41. The summed E-state index contributed by atoms with van der Waals surface area (Å²) in [7, 11) is -1.75. The Kier molecular flexibility index (Phi) is 6.59. The predicted octanol–water partition coefficient (Wildman–Crippen LogP) is 1.11. The second kappa shape index (κ2) is 8.97. The Morgan fingerprint density at radius 3 is 2.17 bits per heavy atom. The molecule has 7 heteroatoms. The van der Waals surface area contributed by atoms with Crippen LogP contribution in [0.3, 0.4) is 0 Å². The maximum atomic E-state index is 13.4. The van der Waals surface area contributed by atoms with Crippen molar-refractivity contribution < 1.29 is 18.1 Å². The second-order valence-electron chi connectivity index (χ2n) is 7.68. The van der Waals surface area contributed by atoms with Crippen molar-refractivity contribution in [2.24, 2.45) is 0 Å². The maximum absolute atomic E-state index is 13.4. The van der Waals surface area contributed by atoms with Gasteiger partial charge in [-0.05, 0) is 43.2 Å². The van der Waals surface area contributed by atoms with Gasteiger partial charge in [0.2, 0.25) is 5.91 Å². The fraction of sp³-hybridized carbons (Fsp3) is 0.409. The van der Waals surface area contributed by atoms with Crippen LogP contribution in [0.2, 0.25) is 0 Å². The van der Waals surface area contributed by atoms with Crippen molar-refractivity contribution in [2.75, 3.05) is 44.1 Å². The number of carbonyl (C=O) groups is 1. The van der Waals surface area contributed by atoms with Gasteiger partial charge in [0, 0.05) is 0 Å². The van der Waals surface area contributed by atoms with Crippen LogP contribution in [0.1, 0.15) is 18.1 Å². The molecule has 1 saturated heterocycles. The second-order valence-corrected chi connectivity index (χ2v) is 9.54. The van der Waals surface area contributed by atoms with Gasteiger partial charge in [-0.25, -0.2) is 8.42 Å². The number of rotatable bonds is 6. The molecule has 1 aliphatic heterocycles. The number of piperazine rings is 1. The minimum absolute atomic E-state index is 0.159. The normalized spacial score (nSPS) is 15.3. The Morgan fingerprint density at radius 2 is 1.62 bits per heavy atom. The SMILES string of the molecule is CCc1ccc(N(CC(=O)N2CC[NH+](C)CC2)S(=O)(=O)c2ccc(C)cc2)cc1. The minimum atomic E-state index is -3.85. The predicted molar refractivity (Wildman–Crippen MR) is 115 cm³/mol. The van der Waals surface area contributed by atoms with E-state index in [4.69, 9.17) is 0 Å². The number of quaternary nitrogens is 1. The third-order valence-corrected chi connectivity index (χ3v) is 7.28. The van der Waals surface area contributed by atoms with Gasteiger partial charge in [-0.2, -0.15) is 0 Å². The molecule has 6 nitrogen and oxygen atoms in total. The Hall–Kier alpha value is -2.38. The number of nitrogens with one attached hydrogen (secondary N) is 1. The third-order valence-electron chi connectivity index (χ3n) is 5.49. The highest BCUT2D eigenvalue weighted by Gasteiger charge is 2.30. The quantitative estimate of drug-likeness (QED) is 0.767. The number of carbonyl (C=O) groups excluding carboxylic acids is 1. The molecule has 156 valence electrons. The molecule has 0 atom stereocenters. The van der Waals surface area contributed by atoms with Gasteiger partial charge in [0.25, 0.3) is 10.0 Å². The summed E-state index contributed by atoms with van der Waals surface area (Å²) in [5.41, 5.74) is 2.62. The first-order valence-corrected chi connectivity index (χ1v) is 11.5. The van der Waals surface area contributed by atoms with Crippen LogP contribution < -0.4 is 9.21 Å². The van der Waals surface area contributed by atoms with E-state index >= 15 is 0 Å². The molecule has 0 spiro atoms. The van der Waals surface area contributed by atoms with Gasteiger partial charge in [0.15, 0.2) is 0 Å². The number of sulfonamides is 1. The van der Waals surface area contributed by atoms with Gasteiger partial charge in [-0.1, -0.05) is 36.8 Å². The summed E-state index contributed by atoms with van der Waals surface area (Å²) in [5, 5.41) is 0. The zero-order valence-corrected chi connectivity index (χ0v) is 18.2. The van der Waals surface area contributed by atoms with Crippen LogP contribution in [0.25, 0.3) is 0 Å². The van der Waals surface area contributed by atoms with Gasteiger partial charge in [0.05, 0.1) is 43.8 Å². The lowest BCUT2D eigenvalue weighted by Crippen LogP contribution is -3.12. The standard InChI is InChI=1S/C22H29N3O3S/c1-4-19-7-9-20(10-8-19)25(17-22(26)24-15-13-23(3)14-16-24)29(27,28)21-11-5-18(2)6-12-21/h5-12H,4,13-17H2,1-3H3/p+1. The lowest BCUT2D eigenvalue weighted by Gasteiger charge is -2.32. The van der Waals surface area contributed by atoms with Crippen molar-refractivity contribution in [2.45, 2.75) is 25.2 Å². The van der Waals surface area contributed by atoms with E-state index in [1.807, 2.05) is 19.1 Å². The molecule has 0 unspecified atom stereocenters. The van der Waals surface area contributed by atoms with Gasteiger partial charge in [-0.3, -0.25) is 9.10 Å². The molecule has 1 fully saturated rings. The largest absolute Gasteiger partial charge is 0.334 e. The first-order valence-electron chi connectivity index (χ1n) is 10.1. The molecule has 1 aliphatic rings. The molecule has 0 aromatic heterocycles. The van der Waals surface area contributed by atoms with E-state index in [1.165, 1.54) is 9.21 Å². The highest BCUT2D eigenvalue weighted by molar-refractivity contribution is 7.92. The van der Waals surface area contributed by atoms with E-state index in [-0.39, 0.29) is 17.3 Å². The lowest BCUT2D eigenvalue weighted by molar-refractivity contribution is -0.883. The van der Waals surface area contributed by atoms with Crippen LogP contribution in [0, 0.1) is 6.92 Å². The summed E-state index contributed by atoms with van der Waals surface area (Å²) in [6.07, 6.45) is 0.869. The number of aryl methyl sites for hydroxylation is 2. The van der Waals surface area contributed by atoms with E-state index in [9.17, 15) is 13.2 Å². The van der Waals surface area contributed by atoms with Crippen LogP contribution in [-0.4, -0.2) is 59.0 Å². The number of nitrogens with zero attached hydrogens (tertiary/aromatic N) is 2. The molecule has 0 bridgehead atoms. The average molecular weight is 417 g/mol. The molecule has 2 aromatic carbocycles. The molecule has 0 aliphatic carbocycles. The van der Waals surface area contributed by atoms with E-state index in [0.717, 1.165) is 30.6 Å². The number of amides is 1. The van der Waals surface area contributed by atoms with Gasteiger partial charge in [0.1, 0.15) is 6.54 Å². The number of hydrogen-bond donors (Lipinski definition) is 1. The van der Waals surface area contributed by atoms with Crippen LogP contribution in [-0.2, 0) is 21.2 Å². The number of hydrogen-bond acceptors (Lipinski definition) is 3. The Bertz CT molecular complexity index is 932. The van der Waals surface area contributed by atoms with Gasteiger partial charge < -0.3 is 9.80 Å². The van der Waals surface area contributed by atoms with Crippen LogP contribution in [0.5, 0.6) is 0 Å². The summed E-state index contributed by atoms with van der Waals surface area (Å²) >= 11 is 0. The third kappa shape index (κ3) is 4.97. The summed E-state index contributed by atoms with van der Waals surface area (Å²) in [4.78, 5) is 16.3. The Labute approximate surface area is 173 Å². The zero-order chi connectivity index (χ0) is 21.0. The summed E-state index contributed by atoms with van der Waals surface area (Å²) in [6, 6.07) is 14.1. The van der Waals surface area contributed by atoms with Crippen molar-refractivity contribution in [1.29, 1.82) is 0 Å². The van der Waals surface area contributed by atoms with E-state index in [2.05, 4.69) is 14.0 Å². The molecule has 29 heavy (non-hydrogen) atoms. The minimum Gasteiger partial charge on any atom is -0.334 e. The van der Waals surface area contributed by atoms with Crippen LogP contribution in [0.4, 0.5) is 5.69 Å². The van der Waals surface area contributed by atoms with E-state index in [0.29, 0.717) is 18.8 Å². The van der Waals surface area contributed by atoms with Crippen LogP contribution >= 0.6 is 0 Å². The van der Waals surface area contributed by atoms with Crippen molar-refractivity contribution in [3.8, 4) is 0 Å². The average Bonchev–Trinajstić information content (AvgIpc) is 2.72. The summed E-state index contributed by atoms with van der Waals surface area (Å²) < 4.78 is 28.1. The number of anilines is 1. The lowest BCUT2D eigenvalue weighted by atomic mass is 10.1. The first kappa shape index (κ1) is 21.3. The molecular weight excluding hydrogens is 386 g/mol. The number of likely N-dealkylation sites (N-methyl/N-ethyl adjacent to an activating group) is 1. The molecule has 2 aromatic rings. The van der Waals surface area contributed by atoms with Gasteiger partial charge in [-0.15, -0.1) is 0 Å². The molecule has 1 heterocycles. The van der Waals surface area contributed by atoms with Crippen molar-refractivity contribution in [3.05, 3.63) is 59.7 Å². The molecule has 1 amide bonds. The van der Waals surface area contributed by atoms with Crippen molar-refractivity contribution in [1.82, 2.24) is 4.90 Å². The smallest absolute Gasteiger partial charge is 0.264 e. The topological polar surface area (TPSA) is 62.1 Å². The Balaban J connectivity index is 1.92. The van der Waals surface area contributed by atoms with E-state index < -0.39 is 10.0 Å². The highest BCUT2D eigenvalue weighted by Crippen LogP contribution is 2.25. The van der Waals surface area contributed by atoms with Crippen molar-refractivity contribution in [3.63, 3.8) is 0 Å². The number of benzene rings is 2.